The van der Waals surface area contributed by atoms with Gasteiger partial charge in [-0.3, -0.25) is 4.79 Å². The normalized spacial score (nSPS) is 15.7. The Morgan fingerprint density at radius 3 is 3.07 bits per heavy atom. The average Bonchev–Trinajstić information content (AvgIpc) is 2.28. The SMILES string of the molecule is Cc1cc2c(cc1F)NC(=O)CCS2. The summed E-state index contributed by atoms with van der Waals surface area (Å²) in [6.45, 7) is 1.73. The van der Waals surface area contributed by atoms with Gasteiger partial charge in [-0.25, -0.2) is 4.39 Å². The Hall–Kier alpha value is -1.03. The van der Waals surface area contributed by atoms with Crippen LogP contribution in [-0.2, 0) is 4.79 Å². The number of thioether (sulfide) groups is 1. The maximum absolute atomic E-state index is 13.2. The van der Waals surface area contributed by atoms with Crippen LogP contribution in [0.2, 0.25) is 0 Å². The standard InChI is InChI=1S/C10H10FNOS/c1-6-4-9-8(5-7(6)11)12-10(13)2-3-14-9/h4-5H,2-3H2,1H3,(H,12,13). The first-order valence-corrected chi connectivity index (χ1v) is 5.38. The van der Waals surface area contributed by atoms with Crippen LogP contribution < -0.4 is 5.32 Å². The van der Waals surface area contributed by atoms with E-state index in [2.05, 4.69) is 5.32 Å². The fourth-order valence-electron chi connectivity index (χ4n) is 1.34. The Balaban J connectivity index is 2.46. The summed E-state index contributed by atoms with van der Waals surface area (Å²) in [5.41, 5.74) is 1.22. The Bertz CT molecular complexity index is 392. The molecule has 1 aromatic carbocycles. The molecule has 1 aromatic rings. The summed E-state index contributed by atoms with van der Waals surface area (Å²) in [5, 5.41) is 2.69. The van der Waals surface area contributed by atoms with Crippen LogP contribution in [0.25, 0.3) is 0 Å². The minimum atomic E-state index is -0.272. The number of halogens is 1. The maximum atomic E-state index is 13.2. The van der Waals surface area contributed by atoms with E-state index in [9.17, 15) is 9.18 Å². The molecule has 1 N–H and O–H groups in total. The van der Waals surface area contributed by atoms with Gasteiger partial charge in [0.1, 0.15) is 5.82 Å². The molecule has 1 aliphatic rings. The van der Waals surface area contributed by atoms with E-state index in [4.69, 9.17) is 0 Å². The molecule has 1 amide bonds. The summed E-state index contributed by atoms with van der Waals surface area (Å²) in [6, 6.07) is 3.17. The summed E-state index contributed by atoms with van der Waals surface area (Å²) < 4.78 is 13.2. The summed E-state index contributed by atoms with van der Waals surface area (Å²) >= 11 is 1.59. The van der Waals surface area contributed by atoms with Crippen molar-refractivity contribution in [2.45, 2.75) is 18.2 Å². The highest BCUT2D eigenvalue weighted by Crippen LogP contribution is 2.32. The molecular weight excluding hydrogens is 201 g/mol. The number of nitrogens with one attached hydrogen (secondary N) is 1. The van der Waals surface area contributed by atoms with Crippen molar-refractivity contribution in [2.75, 3.05) is 11.1 Å². The monoisotopic (exact) mass is 211 g/mol. The molecule has 2 nitrogen and oxygen atoms in total. The van der Waals surface area contributed by atoms with Crippen LogP contribution in [0.5, 0.6) is 0 Å². The molecule has 14 heavy (non-hydrogen) atoms. The van der Waals surface area contributed by atoms with E-state index >= 15 is 0 Å². The average molecular weight is 211 g/mol. The second-order valence-electron chi connectivity index (χ2n) is 3.24. The number of fused-ring (bicyclic) bond motifs is 1. The van der Waals surface area contributed by atoms with Gasteiger partial charge < -0.3 is 5.32 Å². The topological polar surface area (TPSA) is 29.1 Å². The quantitative estimate of drug-likeness (QED) is 0.714. The molecule has 0 unspecified atom stereocenters. The van der Waals surface area contributed by atoms with Gasteiger partial charge in [0.05, 0.1) is 5.69 Å². The lowest BCUT2D eigenvalue weighted by Gasteiger charge is -2.07. The summed E-state index contributed by atoms with van der Waals surface area (Å²) in [5.74, 6) is 0.440. The van der Waals surface area contributed by atoms with Gasteiger partial charge in [0.25, 0.3) is 0 Å². The zero-order chi connectivity index (χ0) is 10.1. The third kappa shape index (κ3) is 1.75. The van der Waals surface area contributed by atoms with Crippen molar-refractivity contribution < 1.29 is 9.18 Å². The van der Waals surface area contributed by atoms with Crippen LogP contribution in [0.1, 0.15) is 12.0 Å². The molecule has 0 bridgehead atoms. The van der Waals surface area contributed by atoms with Crippen molar-refractivity contribution in [1.82, 2.24) is 0 Å². The Kier molecular flexibility index (Phi) is 2.46. The van der Waals surface area contributed by atoms with Gasteiger partial charge in [-0.1, -0.05) is 0 Å². The first-order valence-electron chi connectivity index (χ1n) is 4.39. The van der Waals surface area contributed by atoms with Gasteiger partial charge in [-0.15, -0.1) is 11.8 Å². The molecule has 1 aliphatic heterocycles. The molecule has 0 saturated heterocycles. The zero-order valence-electron chi connectivity index (χ0n) is 7.76. The summed E-state index contributed by atoms with van der Waals surface area (Å²) in [4.78, 5) is 12.1. The lowest BCUT2D eigenvalue weighted by atomic mass is 10.2. The summed E-state index contributed by atoms with van der Waals surface area (Å²) in [7, 11) is 0. The zero-order valence-corrected chi connectivity index (χ0v) is 8.58. The first-order chi connectivity index (χ1) is 6.66. The van der Waals surface area contributed by atoms with E-state index in [0.29, 0.717) is 17.7 Å². The molecule has 1 heterocycles. The first kappa shape index (κ1) is 9.52. The molecule has 0 saturated carbocycles. The number of anilines is 1. The van der Waals surface area contributed by atoms with Gasteiger partial charge in [0.15, 0.2) is 0 Å². The molecule has 0 fully saturated rings. The van der Waals surface area contributed by atoms with Gasteiger partial charge in [0, 0.05) is 17.1 Å². The molecule has 0 atom stereocenters. The Morgan fingerprint density at radius 1 is 1.50 bits per heavy atom. The molecule has 0 aromatic heterocycles. The second-order valence-corrected chi connectivity index (χ2v) is 4.38. The number of hydrogen-bond acceptors (Lipinski definition) is 2. The van der Waals surface area contributed by atoms with E-state index in [-0.39, 0.29) is 11.7 Å². The predicted molar refractivity (Wildman–Crippen MR) is 55.1 cm³/mol. The van der Waals surface area contributed by atoms with Crippen LogP contribution in [0.15, 0.2) is 17.0 Å². The number of benzene rings is 1. The van der Waals surface area contributed by atoms with Gasteiger partial charge >= 0.3 is 0 Å². The number of carbonyl (C=O) groups is 1. The van der Waals surface area contributed by atoms with Crippen molar-refractivity contribution in [1.29, 1.82) is 0 Å². The highest BCUT2D eigenvalue weighted by molar-refractivity contribution is 7.99. The van der Waals surface area contributed by atoms with Gasteiger partial charge in [-0.2, -0.15) is 0 Å². The summed E-state index contributed by atoms with van der Waals surface area (Å²) in [6.07, 6.45) is 0.486. The maximum Gasteiger partial charge on any atom is 0.225 e. The molecule has 0 radical (unpaired) electrons. The van der Waals surface area contributed by atoms with Crippen LogP contribution in [-0.4, -0.2) is 11.7 Å². The molecule has 0 spiro atoms. The highest BCUT2D eigenvalue weighted by Gasteiger charge is 2.14. The minimum absolute atomic E-state index is 0.0421. The van der Waals surface area contributed by atoms with E-state index in [1.165, 1.54) is 6.07 Å². The van der Waals surface area contributed by atoms with Crippen molar-refractivity contribution >= 4 is 23.4 Å². The van der Waals surface area contributed by atoms with Crippen LogP contribution >= 0.6 is 11.8 Å². The third-order valence-electron chi connectivity index (χ3n) is 2.12. The number of hydrogen-bond donors (Lipinski definition) is 1. The molecule has 4 heteroatoms. The van der Waals surface area contributed by atoms with Gasteiger partial charge in [-0.05, 0) is 24.6 Å². The van der Waals surface area contributed by atoms with E-state index < -0.39 is 0 Å². The smallest absolute Gasteiger partial charge is 0.225 e. The van der Waals surface area contributed by atoms with Crippen molar-refractivity contribution in [3.8, 4) is 0 Å². The lowest BCUT2D eigenvalue weighted by molar-refractivity contribution is -0.115. The van der Waals surface area contributed by atoms with E-state index in [1.54, 1.807) is 24.8 Å². The fourth-order valence-corrected chi connectivity index (χ4v) is 2.37. The predicted octanol–water partition coefficient (Wildman–Crippen LogP) is 2.57. The Labute approximate surface area is 85.9 Å². The second kappa shape index (κ2) is 3.61. The third-order valence-corrected chi connectivity index (χ3v) is 3.18. The molecule has 2 rings (SSSR count). The fraction of sp³-hybridized carbons (Fsp3) is 0.300. The van der Waals surface area contributed by atoms with Gasteiger partial charge in [0.2, 0.25) is 5.91 Å². The van der Waals surface area contributed by atoms with Crippen LogP contribution in [0.3, 0.4) is 0 Å². The molecule has 74 valence electrons. The molecular formula is C10H10FNOS. The van der Waals surface area contributed by atoms with E-state index in [0.717, 1.165) is 10.6 Å². The minimum Gasteiger partial charge on any atom is -0.325 e. The number of amides is 1. The van der Waals surface area contributed by atoms with Crippen LogP contribution in [0, 0.1) is 12.7 Å². The number of carbonyl (C=O) groups excluding carboxylic acids is 1. The Morgan fingerprint density at radius 2 is 2.29 bits per heavy atom. The largest absolute Gasteiger partial charge is 0.325 e. The number of aryl methyl sites for hydroxylation is 1. The number of rotatable bonds is 0. The van der Waals surface area contributed by atoms with Crippen molar-refractivity contribution in [3.63, 3.8) is 0 Å². The van der Waals surface area contributed by atoms with Crippen molar-refractivity contribution in [2.24, 2.45) is 0 Å². The highest BCUT2D eigenvalue weighted by atomic mass is 32.2. The lowest BCUT2D eigenvalue weighted by Crippen LogP contribution is -2.10. The van der Waals surface area contributed by atoms with E-state index in [1.807, 2.05) is 0 Å². The van der Waals surface area contributed by atoms with Crippen LogP contribution in [0.4, 0.5) is 10.1 Å². The van der Waals surface area contributed by atoms with Crippen molar-refractivity contribution in [3.05, 3.63) is 23.5 Å². The molecule has 0 aliphatic carbocycles.